The van der Waals surface area contributed by atoms with Crippen LogP contribution in [0.4, 0.5) is 0 Å². The summed E-state index contributed by atoms with van der Waals surface area (Å²) >= 11 is 5.07. The third-order valence-corrected chi connectivity index (χ3v) is 3.69. The third kappa shape index (κ3) is 3.07. The molecule has 0 atom stereocenters. The molecule has 16 heavy (non-hydrogen) atoms. The Balaban J connectivity index is 1.99. The second-order valence-electron chi connectivity index (χ2n) is 3.30. The van der Waals surface area contributed by atoms with Crippen LogP contribution in [-0.2, 0) is 13.2 Å². The topological polar surface area (TPSA) is 29.5 Å². The fraction of sp³-hybridized carbons (Fsp3) is 0.167. The number of hydrogen-bond acceptors (Lipinski definition) is 3. The Morgan fingerprint density at radius 2 is 2.12 bits per heavy atom. The summed E-state index contributed by atoms with van der Waals surface area (Å²) in [4.78, 5) is 1.17. The Labute approximate surface area is 107 Å². The monoisotopic (exact) mass is 298 g/mol. The third-order valence-electron chi connectivity index (χ3n) is 2.09. The van der Waals surface area contributed by atoms with Gasteiger partial charge in [0.2, 0.25) is 0 Å². The quantitative estimate of drug-likeness (QED) is 0.935. The van der Waals surface area contributed by atoms with Crippen LogP contribution >= 0.6 is 27.3 Å². The van der Waals surface area contributed by atoms with Gasteiger partial charge in [-0.15, -0.1) is 11.3 Å². The Morgan fingerprint density at radius 3 is 2.81 bits per heavy atom. The van der Waals surface area contributed by atoms with E-state index in [0.29, 0.717) is 6.61 Å². The summed E-state index contributed by atoms with van der Waals surface area (Å²) < 4.78 is 6.73. The van der Waals surface area contributed by atoms with Gasteiger partial charge in [-0.25, -0.2) is 0 Å². The molecule has 0 saturated carbocycles. The molecule has 0 radical (unpaired) electrons. The number of ether oxygens (including phenoxy) is 1. The van der Waals surface area contributed by atoms with E-state index in [1.165, 1.54) is 4.88 Å². The average Bonchev–Trinajstić information content (AvgIpc) is 2.73. The zero-order valence-electron chi connectivity index (χ0n) is 8.52. The van der Waals surface area contributed by atoms with Crippen molar-refractivity contribution >= 4 is 27.3 Å². The number of aliphatic hydroxyl groups is 1. The summed E-state index contributed by atoms with van der Waals surface area (Å²) in [5, 5.41) is 8.99. The summed E-state index contributed by atoms with van der Waals surface area (Å²) in [5.74, 6) is 0.788. The smallest absolute Gasteiger partial charge is 0.122 e. The van der Waals surface area contributed by atoms with Crippen LogP contribution in [0.1, 0.15) is 10.4 Å². The van der Waals surface area contributed by atoms with Gasteiger partial charge in [-0.05, 0) is 45.8 Å². The summed E-state index contributed by atoms with van der Waals surface area (Å²) in [6.45, 7) is 0.604. The lowest BCUT2D eigenvalue weighted by atomic mass is 10.2. The van der Waals surface area contributed by atoms with Crippen molar-refractivity contribution in [3.63, 3.8) is 0 Å². The van der Waals surface area contributed by atoms with Crippen molar-refractivity contribution < 1.29 is 9.84 Å². The first-order chi connectivity index (χ1) is 7.78. The number of hydrogen-bond donors (Lipinski definition) is 1. The predicted octanol–water partition coefficient (Wildman–Crippen LogP) is 3.58. The van der Waals surface area contributed by atoms with Gasteiger partial charge in [0.25, 0.3) is 0 Å². The highest BCUT2D eigenvalue weighted by Gasteiger charge is 2.00. The fourth-order valence-electron chi connectivity index (χ4n) is 1.32. The zero-order valence-corrected chi connectivity index (χ0v) is 10.9. The summed E-state index contributed by atoms with van der Waals surface area (Å²) in [6.07, 6.45) is 0. The van der Waals surface area contributed by atoms with Gasteiger partial charge in [-0.3, -0.25) is 0 Å². The van der Waals surface area contributed by atoms with E-state index < -0.39 is 0 Å². The van der Waals surface area contributed by atoms with Crippen LogP contribution in [0.15, 0.2) is 40.2 Å². The average molecular weight is 299 g/mol. The van der Waals surface area contributed by atoms with Gasteiger partial charge in [0, 0.05) is 4.88 Å². The molecule has 1 heterocycles. The van der Waals surface area contributed by atoms with E-state index in [1.807, 2.05) is 36.4 Å². The fourth-order valence-corrected chi connectivity index (χ4v) is 2.71. The van der Waals surface area contributed by atoms with Crippen LogP contribution in [0.3, 0.4) is 0 Å². The molecule has 2 aromatic rings. The Hall–Kier alpha value is -0.840. The molecule has 1 aromatic heterocycles. The molecule has 0 fully saturated rings. The molecular weight excluding hydrogens is 288 g/mol. The van der Waals surface area contributed by atoms with Crippen molar-refractivity contribution in [2.45, 2.75) is 13.2 Å². The van der Waals surface area contributed by atoms with Crippen LogP contribution < -0.4 is 4.74 Å². The molecule has 0 aliphatic carbocycles. The van der Waals surface area contributed by atoms with Crippen molar-refractivity contribution in [1.29, 1.82) is 0 Å². The van der Waals surface area contributed by atoms with Crippen LogP contribution in [0.2, 0.25) is 0 Å². The molecule has 0 amide bonds. The molecule has 1 aromatic carbocycles. The van der Waals surface area contributed by atoms with Crippen molar-refractivity contribution in [2.75, 3.05) is 0 Å². The van der Waals surface area contributed by atoms with E-state index >= 15 is 0 Å². The van der Waals surface area contributed by atoms with Gasteiger partial charge in [-0.2, -0.15) is 0 Å². The van der Waals surface area contributed by atoms with Crippen LogP contribution in [-0.4, -0.2) is 5.11 Å². The van der Waals surface area contributed by atoms with E-state index in [9.17, 15) is 0 Å². The van der Waals surface area contributed by atoms with Crippen LogP contribution in [0.5, 0.6) is 5.75 Å². The van der Waals surface area contributed by atoms with Gasteiger partial charge < -0.3 is 9.84 Å². The second-order valence-corrected chi connectivity index (χ2v) is 5.85. The molecule has 4 heteroatoms. The number of rotatable bonds is 4. The van der Waals surface area contributed by atoms with E-state index in [0.717, 1.165) is 15.1 Å². The molecule has 0 aliphatic rings. The highest BCUT2D eigenvalue weighted by atomic mass is 79.9. The number of halogens is 1. The number of thiophene rings is 1. The van der Waals surface area contributed by atoms with E-state index in [2.05, 4.69) is 15.9 Å². The predicted molar refractivity (Wildman–Crippen MR) is 68.7 cm³/mol. The van der Waals surface area contributed by atoms with E-state index in [1.54, 1.807) is 11.3 Å². The molecule has 1 N–H and O–H groups in total. The Kier molecular flexibility index (Phi) is 3.98. The molecule has 2 nitrogen and oxygen atoms in total. The van der Waals surface area contributed by atoms with Crippen molar-refractivity contribution in [2.24, 2.45) is 0 Å². The molecule has 84 valence electrons. The lowest BCUT2D eigenvalue weighted by molar-refractivity contribution is 0.278. The zero-order chi connectivity index (χ0) is 11.4. The van der Waals surface area contributed by atoms with Gasteiger partial charge in [0.15, 0.2) is 0 Å². The minimum Gasteiger partial charge on any atom is -0.488 e. The maximum atomic E-state index is 8.99. The standard InChI is InChI=1S/C12H11BrO2S/c13-12-5-4-11(16-12)8-15-10-3-1-2-9(6-10)7-14/h1-6,14H,7-8H2. The molecule has 0 unspecified atom stereocenters. The molecule has 0 aliphatic heterocycles. The first-order valence-electron chi connectivity index (χ1n) is 4.85. The van der Waals surface area contributed by atoms with Crippen LogP contribution in [0.25, 0.3) is 0 Å². The maximum Gasteiger partial charge on any atom is 0.122 e. The van der Waals surface area contributed by atoms with E-state index in [4.69, 9.17) is 9.84 Å². The minimum atomic E-state index is 0.0434. The highest BCUT2D eigenvalue weighted by Crippen LogP contribution is 2.23. The minimum absolute atomic E-state index is 0.0434. The molecule has 0 spiro atoms. The largest absolute Gasteiger partial charge is 0.488 e. The second kappa shape index (κ2) is 5.48. The maximum absolute atomic E-state index is 8.99. The van der Waals surface area contributed by atoms with Crippen molar-refractivity contribution in [3.8, 4) is 5.75 Å². The normalized spacial score (nSPS) is 10.4. The first-order valence-corrected chi connectivity index (χ1v) is 6.45. The summed E-state index contributed by atoms with van der Waals surface area (Å²) in [7, 11) is 0. The first kappa shape index (κ1) is 11.6. The molecule has 0 bridgehead atoms. The number of benzene rings is 1. The Morgan fingerprint density at radius 1 is 1.25 bits per heavy atom. The van der Waals surface area contributed by atoms with Crippen molar-refractivity contribution in [3.05, 3.63) is 50.6 Å². The van der Waals surface area contributed by atoms with Crippen molar-refractivity contribution in [1.82, 2.24) is 0 Å². The number of aliphatic hydroxyl groups excluding tert-OH is 1. The summed E-state index contributed by atoms with van der Waals surface area (Å²) in [5.41, 5.74) is 0.866. The Bertz CT molecular complexity index is 468. The lowest BCUT2D eigenvalue weighted by Gasteiger charge is -2.05. The van der Waals surface area contributed by atoms with E-state index in [-0.39, 0.29) is 6.61 Å². The van der Waals surface area contributed by atoms with Gasteiger partial charge in [0.05, 0.1) is 10.4 Å². The molecule has 0 saturated heterocycles. The highest BCUT2D eigenvalue weighted by molar-refractivity contribution is 9.11. The molecular formula is C12H11BrO2S. The van der Waals surface area contributed by atoms with Gasteiger partial charge in [0.1, 0.15) is 12.4 Å². The van der Waals surface area contributed by atoms with Gasteiger partial charge >= 0.3 is 0 Å². The van der Waals surface area contributed by atoms with Crippen LogP contribution in [0, 0.1) is 0 Å². The van der Waals surface area contributed by atoms with Gasteiger partial charge in [-0.1, -0.05) is 12.1 Å². The summed E-state index contributed by atoms with van der Waals surface area (Å²) in [6, 6.07) is 11.5. The lowest BCUT2D eigenvalue weighted by Crippen LogP contribution is -1.93. The molecule has 2 rings (SSSR count). The SMILES string of the molecule is OCc1cccc(OCc2ccc(Br)s2)c1.